The molecule has 0 radical (unpaired) electrons. The predicted molar refractivity (Wildman–Crippen MR) is 93.1 cm³/mol. The number of aliphatic hydroxyl groups excluding tert-OH is 1. The number of amides is 1. The van der Waals surface area contributed by atoms with Crippen LogP contribution in [0.25, 0.3) is 0 Å². The summed E-state index contributed by atoms with van der Waals surface area (Å²) in [4.78, 5) is 19.9. The summed E-state index contributed by atoms with van der Waals surface area (Å²) in [6.45, 7) is 5.39. The van der Waals surface area contributed by atoms with E-state index in [0.29, 0.717) is 39.3 Å². The number of nitrogens with one attached hydrogen (secondary N) is 1. The number of hydrogen-bond acceptors (Lipinski definition) is 7. The number of carbonyl (C=O) groups is 1. The molecule has 5 atom stereocenters. The van der Waals surface area contributed by atoms with Gasteiger partial charge in [-0.25, -0.2) is 0 Å². The molecular weight excluding hydrogens is 336 g/mol. The smallest absolute Gasteiger partial charge is 0.219 e. The molecule has 2 N–H and O–H groups in total. The van der Waals surface area contributed by atoms with Gasteiger partial charge < -0.3 is 24.8 Å². The Morgan fingerprint density at radius 2 is 2.15 bits per heavy atom. The second-order valence-corrected chi connectivity index (χ2v) is 7.13. The third-order valence-electron chi connectivity index (χ3n) is 5.56. The van der Waals surface area contributed by atoms with Gasteiger partial charge in [-0.3, -0.25) is 14.7 Å². The van der Waals surface area contributed by atoms with Gasteiger partial charge in [-0.1, -0.05) is 6.07 Å². The van der Waals surface area contributed by atoms with Crippen LogP contribution in [0, 0.1) is 0 Å². The number of rotatable bonds is 4. The van der Waals surface area contributed by atoms with Crippen molar-refractivity contribution in [3.05, 3.63) is 30.1 Å². The van der Waals surface area contributed by atoms with E-state index in [9.17, 15) is 9.90 Å². The molecule has 1 aromatic rings. The van der Waals surface area contributed by atoms with Gasteiger partial charge in [0.25, 0.3) is 0 Å². The SMILES string of the molecule is CC(=O)N1CCN(C2C3OCC(O3)C(NCc3ccccn3)C2O)CC1. The quantitative estimate of drug-likeness (QED) is 0.724. The predicted octanol–water partition coefficient (Wildman–Crippen LogP) is -0.811. The van der Waals surface area contributed by atoms with Crippen molar-refractivity contribution in [3.8, 4) is 0 Å². The molecule has 1 aromatic heterocycles. The van der Waals surface area contributed by atoms with Crippen LogP contribution in [-0.4, -0.2) is 89.2 Å². The average molecular weight is 362 g/mol. The van der Waals surface area contributed by atoms with Gasteiger partial charge in [-0.05, 0) is 12.1 Å². The Bertz CT molecular complexity index is 623. The van der Waals surface area contributed by atoms with Crippen LogP contribution in [-0.2, 0) is 20.8 Å². The zero-order valence-corrected chi connectivity index (χ0v) is 15.0. The fourth-order valence-electron chi connectivity index (χ4n) is 4.10. The molecule has 3 aliphatic rings. The van der Waals surface area contributed by atoms with Gasteiger partial charge in [-0.2, -0.15) is 0 Å². The van der Waals surface area contributed by atoms with Crippen LogP contribution in [0.1, 0.15) is 12.6 Å². The highest BCUT2D eigenvalue weighted by Gasteiger charge is 2.52. The molecule has 1 amide bonds. The second-order valence-electron chi connectivity index (χ2n) is 7.13. The van der Waals surface area contributed by atoms with Crippen LogP contribution in [0.3, 0.4) is 0 Å². The number of aliphatic hydroxyl groups is 1. The Balaban J connectivity index is 1.42. The summed E-state index contributed by atoms with van der Waals surface area (Å²) >= 11 is 0. The molecule has 3 saturated heterocycles. The Morgan fingerprint density at radius 3 is 2.85 bits per heavy atom. The highest BCUT2D eigenvalue weighted by molar-refractivity contribution is 5.73. The summed E-state index contributed by atoms with van der Waals surface area (Å²) in [5.74, 6) is 0.0946. The summed E-state index contributed by atoms with van der Waals surface area (Å²) in [6.07, 6.45) is 0.589. The number of ether oxygens (including phenoxy) is 2. The summed E-state index contributed by atoms with van der Waals surface area (Å²) in [5, 5.41) is 14.5. The van der Waals surface area contributed by atoms with Crippen molar-refractivity contribution in [2.45, 2.75) is 44.1 Å². The first-order valence-corrected chi connectivity index (χ1v) is 9.21. The maximum atomic E-state index is 11.5. The van der Waals surface area contributed by atoms with Crippen molar-refractivity contribution >= 4 is 5.91 Å². The lowest BCUT2D eigenvalue weighted by molar-refractivity contribution is -0.187. The molecule has 4 heterocycles. The number of fused-ring (bicyclic) bond motifs is 2. The fourth-order valence-corrected chi connectivity index (χ4v) is 4.10. The van der Waals surface area contributed by atoms with Gasteiger partial charge in [-0.15, -0.1) is 0 Å². The zero-order chi connectivity index (χ0) is 18.1. The average Bonchev–Trinajstić information content (AvgIpc) is 3.08. The van der Waals surface area contributed by atoms with Crippen LogP contribution in [0.15, 0.2) is 24.4 Å². The van der Waals surface area contributed by atoms with Crippen molar-refractivity contribution in [2.24, 2.45) is 0 Å². The molecule has 0 aliphatic carbocycles. The topological polar surface area (TPSA) is 87.2 Å². The molecule has 142 valence electrons. The Kier molecular flexibility index (Phi) is 5.19. The Hall–Kier alpha value is -1.58. The molecule has 0 aromatic carbocycles. The monoisotopic (exact) mass is 362 g/mol. The van der Waals surface area contributed by atoms with Gasteiger partial charge in [0.15, 0.2) is 6.29 Å². The molecule has 4 rings (SSSR count). The minimum atomic E-state index is -0.603. The minimum absolute atomic E-state index is 0.0946. The van der Waals surface area contributed by atoms with Crippen LogP contribution in [0.2, 0.25) is 0 Å². The zero-order valence-electron chi connectivity index (χ0n) is 15.0. The summed E-state index contributed by atoms with van der Waals surface area (Å²) in [6, 6.07) is 5.34. The maximum Gasteiger partial charge on any atom is 0.219 e. The number of hydrogen-bond donors (Lipinski definition) is 2. The van der Waals surface area contributed by atoms with E-state index in [-0.39, 0.29) is 24.1 Å². The first-order valence-electron chi connectivity index (χ1n) is 9.21. The van der Waals surface area contributed by atoms with Crippen LogP contribution >= 0.6 is 0 Å². The van der Waals surface area contributed by atoms with E-state index in [0.717, 1.165) is 5.69 Å². The second kappa shape index (κ2) is 7.58. The first kappa shape index (κ1) is 17.8. The lowest BCUT2D eigenvalue weighted by atomic mass is 9.94. The number of carbonyl (C=O) groups excluding carboxylic acids is 1. The number of aromatic nitrogens is 1. The van der Waals surface area contributed by atoms with Crippen LogP contribution in [0.5, 0.6) is 0 Å². The molecule has 5 unspecified atom stereocenters. The van der Waals surface area contributed by atoms with Crippen molar-refractivity contribution in [1.82, 2.24) is 20.1 Å². The minimum Gasteiger partial charge on any atom is -0.390 e. The number of piperazine rings is 1. The largest absolute Gasteiger partial charge is 0.390 e. The first-order chi connectivity index (χ1) is 12.6. The standard InChI is InChI=1S/C18H26N4O4/c1-12(23)21-6-8-22(9-7-21)16-17(24)15(14-11-25-18(16)26-14)20-10-13-4-2-3-5-19-13/h2-5,14-18,20,24H,6-11H2,1H3. The van der Waals surface area contributed by atoms with E-state index in [1.807, 2.05) is 23.1 Å². The van der Waals surface area contributed by atoms with Gasteiger partial charge in [0, 0.05) is 45.8 Å². The molecule has 26 heavy (non-hydrogen) atoms. The number of pyridine rings is 1. The molecule has 8 heteroatoms. The van der Waals surface area contributed by atoms with Gasteiger partial charge in [0.2, 0.25) is 5.91 Å². The molecule has 8 nitrogen and oxygen atoms in total. The fraction of sp³-hybridized carbons (Fsp3) is 0.667. The molecule has 3 fully saturated rings. The summed E-state index contributed by atoms with van der Waals surface area (Å²) in [7, 11) is 0. The molecule has 3 aliphatic heterocycles. The van der Waals surface area contributed by atoms with Crippen LogP contribution in [0.4, 0.5) is 0 Å². The van der Waals surface area contributed by atoms with E-state index in [4.69, 9.17) is 9.47 Å². The maximum absolute atomic E-state index is 11.5. The summed E-state index contributed by atoms with van der Waals surface area (Å²) in [5.41, 5.74) is 0.923. The third-order valence-corrected chi connectivity index (χ3v) is 5.56. The molecular formula is C18H26N4O4. The van der Waals surface area contributed by atoms with E-state index in [2.05, 4.69) is 15.2 Å². The van der Waals surface area contributed by atoms with Crippen molar-refractivity contribution in [1.29, 1.82) is 0 Å². The van der Waals surface area contributed by atoms with E-state index in [1.54, 1.807) is 13.1 Å². The van der Waals surface area contributed by atoms with Crippen molar-refractivity contribution in [3.63, 3.8) is 0 Å². The van der Waals surface area contributed by atoms with E-state index < -0.39 is 12.4 Å². The molecule has 2 bridgehead atoms. The highest BCUT2D eigenvalue weighted by Crippen LogP contribution is 2.32. The molecule has 0 spiro atoms. The van der Waals surface area contributed by atoms with Crippen molar-refractivity contribution in [2.75, 3.05) is 32.8 Å². The third kappa shape index (κ3) is 3.47. The normalized spacial score (nSPS) is 34.8. The lowest BCUT2D eigenvalue weighted by Crippen LogP contribution is -2.66. The van der Waals surface area contributed by atoms with E-state index in [1.165, 1.54) is 0 Å². The van der Waals surface area contributed by atoms with Gasteiger partial charge in [0.05, 0.1) is 30.5 Å². The van der Waals surface area contributed by atoms with Gasteiger partial charge >= 0.3 is 0 Å². The van der Waals surface area contributed by atoms with Crippen LogP contribution < -0.4 is 5.32 Å². The van der Waals surface area contributed by atoms with Gasteiger partial charge in [0.1, 0.15) is 6.10 Å². The number of nitrogens with zero attached hydrogens (tertiary/aromatic N) is 3. The van der Waals surface area contributed by atoms with Crippen molar-refractivity contribution < 1.29 is 19.4 Å². The summed E-state index contributed by atoms with van der Waals surface area (Å²) < 4.78 is 11.8. The Labute approximate surface area is 153 Å². The Morgan fingerprint density at radius 1 is 1.35 bits per heavy atom. The van der Waals surface area contributed by atoms with E-state index >= 15 is 0 Å². The lowest BCUT2D eigenvalue weighted by Gasteiger charge is -2.46. The highest BCUT2D eigenvalue weighted by atomic mass is 16.7. The molecule has 0 saturated carbocycles.